The molecule has 4 nitrogen and oxygen atoms in total. The van der Waals surface area contributed by atoms with Gasteiger partial charge in [0.1, 0.15) is 5.76 Å². The second kappa shape index (κ2) is 5.48. The molecule has 1 saturated heterocycles. The summed E-state index contributed by atoms with van der Waals surface area (Å²) in [6, 6.07) is 2.04. The fourth-order valence-electron chi connectivity index (χ4n) is 2.19. The highest BCUT2D eigenvalue weighted by Crippen LogP contribution is 2.16. The van der Waals surface area contributed by atoms with Crippen molar-refractivity contribution >= 4 is 0 Å². The maximum Gasteiger partial charge on any atom is 0.118 e. The maximum absolute atomic E-state index is 5.55. The number of nitrogens with zero attached hydrogens (tertiary/aromatic N) is 1. The third-order valence-electron chi connectivity index (χ3n) is 3.12. The summed E-state index contributed by atoms with van der Waals surface area (Å²) in [6.45, 7) is 3.53. The normalized spacial score (nSPS) is 22.5. The smallest absolute Gasteiger partial charge is 0.118 e. The van der Waals surface area contributed by atoms with Gasteiger partial charge in [-0.2, -0.15) is 0 Å². The molecule has 1 aliphatic rings. The van der Waals surface area contributed by atoms with Crippen molar-refractivity contribution in [1.82, 2.24) is 4.90 Å². The standard InChI is InChI=1S/C12H20N2O2/c1-15-11-3-2-4-14(7-11)8-12-5-10(6-13)9-16-12/h5,9,11H,2-4,6-8,13H2,1H3. The second-order valence-electron chi connectivity index (χ2n) is 4.36. The molecule has 1 fully saturated rings. The predicted octanol–water partition coefficient (Wildman–Crippen LogP) is 1.35. The minimum Gasteiger partial charge on any atom is -0.468 e. The zero-order valence-electron chi connectivity index (χ0n) is 9.82. The van der Waals surface area contributed by atoms with Gasteiger partial charge in [-0.3, -0.25) is 4.90 Å². The topological polar surface area (TPSA) is 51.6 Å². The average molecular weight is 224 g/mol. The molecule has 2 heterocycles. The van der Waals surface area contributed by atoms with Crippen LogP contribution in [0.4, 0.5) is 0 Å². The van der Waals surface area contributed by atoms with Crippen LogP contribution in [0.25, 0.3) is 0 Å². The Morgan fingerprint density at radius 1 is 1.62 bits per heavy atom. The van der Waals surface area contributed by atoms with Crippen molar-refractivity contribution in [3.8, 4) is 0 Å². The molecule has 2 N–H and O–H groups in total. The second-order valence-corrected chi connectivity index (χ2v) is 4.36. The van der Waals surface area contributed by atoms with Crippen molar-refractivity contribution < 1.29 is 9.15 Å². The number of rotatable bonds is 4. The lowest BCUT2D eigenvalue weighted by atomic mass is 10.1. The van der Waals surface area contributed by atoms with Crippen molar-refractivity contribution in [2.75, 3.05) is 20.2 Å². The van der Waals surface area contributed by atoms with E-state index in [1.54, 1.807) is 13.4 Å². The van der Waals surface area contributed by atoms with Crippen LogP contribution in [-0.2, 0) is 17.8 Å². The highest BCUT2D eigenvalue weighted by atomic mass is 16.5. The summed E-state index contributed by atoms with van der Waals surface area (Å²) in [6.07, 6.45) is 4.48. The highest BCUT2D eigenvalue weighted by Gasteiger charge is 2.20. The fourth-order valence-corrected chi connectivity index (χ4v) is 2.19. The van der Waals surface area contributed by atoms with Gasteiger partial charge in [0.25, 0.3) is 0 Å². The molecule has 0 spiro atoms. The Morgan fingerprint density at radius 3 is 3.19 bits per heavy atom. The zero-order chi connectivity index (χ0) is 11.4. The van der Waals surface area contributed by atoms with E-state index in [-0.39, 0.29) is 0 Å². The van der Waals surface area contributed by atoms with E-state index in [0.717, 1.165) is 31.0 Å². The molecule has 1 aliphatic heterocycles. The Morgan fingerprint density at radius 2 is 2.50 bits per heavy atom. The summed E-state index contributed by atoms with van der Waals surface area (Å²) in [5.41, 5.74) is 6.61. The quantitative estimate of drug-likeness (QED) is 0.838. The number of nitrogens with two attached hydrogens (primary N) is 1. The molecule has 0 aliphatic carbocycles. The van der Waals surface area contributed by atoms with E-state index < -0.39 is 0 Å². The van der Waals surface area contributed by atoms with Crippen molar-refractivity contribution in [2.45, 2.75) is 32.0 Å². The van der Waals surface area contributed by atoms with Crippen LogP contribution < -0.4 is 5.73 Å². The van der Waals surface area contributed by atoms with Crippen LogP contribution in [0, 0.1) is 0 Å². The van der Waals surface area contributed by atoms with Gasteiger partial charge in [0.2, 0.25) is 0 Å². The fraction of sp³-hybridized carbons (Fsp3) is 0.667. The first-order chi connectivity index (χ1) is 7.81. The van der Waals surface area contributed by atoms with Gasteiger partial charge in [0, 0.05) is 25.8 Å². The first kappa shape index (κ1) is 11.6. The predicted molar refractivity (Wildman–Crippen MR) is 61.9 cm³/mol. The number of hydrogen-bond acceptors (Lipinski definition) is 4. The van der Waals surface area contributed by atoms with Gasteiger partial charge in [0.15, 0.2) is 0 Å². The van der Waals surface area contributed by atoms with E-state index in [9.17, 15) is 0 Å². The van der Waals surface area contributed by atoms with Crippen LogP contribution in [0.2, 0.25) is 0 Å². The molecule has 0 saturated carbocycles. The maximum atomic E-state index is 5.55. The van der Waals surface area contributed by atoms with Crippen molar-refractivity contribution in [3.05, 3.63) is 23.7 Å². The number of likely N-dealkylation sites (tertiary alicyclic amines) is 1. The highest BCUT2D eigenvalue weighted by molar-refractivity contribution is 5.12. The van der Waals surface area contributed by atoms with Gasteiger partial charge in [-0.25, -0.2) is 0 Å². The van der Waals surface area contributed by atoms with Crippen LogP contribution in [0.5, 0.6) is 0 Å². The lowest BCUT2D eigenvalue weighted by molar-refractivity contribution is 0.0263. The summed E-state index contributed by atoms with van der Waals surface area (Å²) < 4.78 is 10.9. The Bertz CT molecular complexity index is 325. The third-order valence-corrected chi connectivity index (χ3v) is 3.12. The Hall–Kier alpha value is -0.840. The summed E-state index contributed by atoms with van der Waals surface area (Å²) in [4.78, 5) is 2.37. The minimum atomic E-state index is 0.373. The molecule has 0 bridgehead atoms. The van der Waals surface area contributed by atoms with E-state index in [2.05, 4.69) is 4.90 Å². The number of ether oxygens (including phenoxy) is 1. The Kier molecular flexibility index (Phi) is 3.98. The summed E-state index contributed by atoms with van der Waals surface area (Å²) >= 11 is 0. The molecule has 90 valence electrons. The number of furan rings is 1. The molecule has 2 rings (SSSR count). The van der Waals surface area contributed by atoms with Gasteiger partial charge >= 0.3 is 0 Å². The minimum absolute atomic E-state index is 0.373. The van der Waals surface area contributed by atoms with Gasteiger partial charge in [-0.05, 0) is 25.5 Å². The SMILES string of the molecule is COC1CCCN(Cc2cc(CN)co2)C1. The third kappa shape index (κ3) is 2.84. The summed E-state index contributed by atoms with van der Waals surface area (Å²) in [7, 11) is 1.79. The van der Waals surface area contributed by atoms with Crippen molar-refractivity contribution in [3.63, 3.8) is 0 Å². The first-order valence-corrected chi connectivity index (χ1v) is 5.83. The molecular formula is C12H20N2O2. The molecule has 0 radical (unpaired) electrons. The monoisotopic (exact) mass is 224 g/mol. The number of methoxy groups -OCH3 is 1. The van der Waals surface area contributed by atoms with Gasteiger partial charge in [0.05, 0.1) is 18.9 Å². The lowest BCUT2D eigenvalue weighted by Gasteiger charge is -2.31. The van der Waals surface area contributed by atoms with Crippen LogP contribution in [0.15, 0.2) is 16.7 Å². The first-order valence-electron chi connectivity index (χ1n) is 5.83. The molecule has 16 heavy (non-hydrogen) atoms. The van der Waals surface area contributed by atoms with Crippen LogP contribution in [-0.4, -0.2) is 31.2 Å². The largest absolute Gasteiger partial charge is 0.468 e. The van der Waals surface area contributed by atoms with E-state index in [0.29, 0.717) is 12.6 Å². The van der Waals surface area contributed by atoms with Crippen molar-refractivity contribution in [1.29, 1.82) is 0 Å². The van der Waals surface area contributed by atoms with Crippen LogP contribution >= 0.6 is 0 Å². The van der Waals surface area contributed by atoms with E-state index in [4.69, 9.17) is 14.9 Å². The molecule has 4 heteroatoms. The molecular weight excluding hydrogens is 204 g/mol. The molecule has 1 atom stereocenters. The molecule has 1 unspecified atom stereocenters. The zero-order valence-corrected chi connectivity index (χ0v) is 9.82. The molecule has 0 amide bonds. The van der Waals surface area contributed by atoms with Gasteiger partial charge in [-0.15, -0.1) is 0 Å². The molecule has 1 aromatic heterocycles. The van der Waals surface area contributed by atoms with E-state index in [1.807, 2.05) is 6.07 Å². The Balaban J connectivity index is 1.88. The van der Waals surface area contributed by atoms with E-state index in [1.165, 1.54) is 12.8 Å². The lowest BCUT2D eigenvalue weighted by Crippen LogP contribution is -2.38. The number of piperidine rings is 1. The van der Waals surface area contributed by atoms with Crippen molar-refractivity contribution in [2.24, 2.45) is 5.73 Å². The summed E-state index contributed by atoms with van der Waals surface area (Å²) in [5, 5.41) is 0. The molecule has 1 aromatic rings. The van der Waals surface area contributed by atoms with Crippen LogP contribution in [0.3, 0.4) is 0 Å². The molecule has 0 aromatic carbocycles. The van der Waals surface area contributed by atoms with Gasteiger partial charge < -0.3 is 14.9 Å². The average Bonchev–Trinajstić information content (AvgIpc) is 2.77. The van der Waals surface area contributed by atoms with Crippen LogP contribution in [0.1, 0.15) is 24.2 Å². The van der Waals surface area contributed by atoms with E-state index >= 15 is 0 Å². The number of hydrogen-bond donors (Lipinski definition) is 1. The Labute approximate surface area is 96.4 Å². The summed E-state index contributed by atoms with van der Waals surface area (Å²) in [5.74, 6) is 0.997. The van der Waals surface area contributed by atoms with Gasteiger partial charge in [-0.1, -0.05) is 0 Å².